The highest BCUT2D eigenvalue weighted by atomic mass is 32.1. The highest BCUT2D eigenvalue weighted by Gasteiger charge is 2.23. The molecule has 0 spiro atoms. The van der Waals surface area contributed by atoms with Crippen molar-refractivity contribution in [2.45, 2.75) is 32.7 Å². The fraction of sp³-hybridized carbons (Fsp3) is 0.286. The zero-order chi connectivity index (χ0) is 23.4. The van der Waals surface area contributed by atoms with Gasteiger partial charge in [-0.15, -0.1) is 11.3 Å². The Morgan fingerprint density at radius 1 is 1.28 bits per heavy atom. The van der Waals surface area contributed by atoms with Gasteiger partial charge in [-0.25, -0.2) is 9.78 Å². The number of aliphatic carboxylic acids is 2. The molecule has 1 amide bonds. The number of benzene rings is 1. The minimum absolute atomic E-state index is 0.238. The van der Waals surface area contributed by atoms with E-state index >= 15 is 0 Å². The Balaban J connectivity index is 1.83. The quantitative estimate of drug-likeness (QED) is 0.435. The molecule has 0 bridgehead atoms. The van der Waals surface area contributed by atoms with Crippen LogP contribution >= 0.6 is 11.3 Å². The summed E-state index contributed by atoms with van der Waals surface area (Å²) in [6.07, 6.45) is 1.06. The van der Waals surface area contributed by atoms with Gasteiger partial charge in [-0.2, -0.15) is 0 Å². The first-order valence-corrected chi connectivity index (χ1v) is 10.4. The lowest BCUT2D eigenvalue weighted by Crippen LogP contribution is -2.44. The van der Waals surface area contributed by atoms with Crippen LogP contribution in [0, 0.1) is 6.92 Å². The molecule has 10 nitrogen and oxygen atoms in total. The fourth-order valence-electron chi connectivity index (χ4n) is 2.99. The standard InChI is InChI=1S/C21H20N2O8S/c1-3-11-4-12-16(30-7-13(19(12)27)20-22-10(2)9-32-20)6-15(11)31-8-17(24)23-14(21(28)29)5-18(25)26/h4,6-7,9,14H,3,5,8H2,1-2H3,(H,23,24)(H,25,26)(H,28,29)/t14-/m1/s1. The SMILES string of the molecule is CCc1cc2c(=O)c(-c3nc(C)cs3)coc2cc1OCC(=O)N[C@H](CC(=O)O)C(=O)O. The number of hydrogen-bond donors (Lipinski definition) is 3. The van der Waals surface area contributed by atoms with E-state index in [0.717, 1.165) is 5.69 Å². The van der Waals surface area contributed by atoms with E-state index in [4.69, 9.17) is 19.4 Å². The molecule has 0 aliphatic rings. The number of aromatic nitrogens is 1. The molecule has 32 heavy (non-hydrogen) atoms. The van der Waals surface area contributed by atoms with Crippen molar-refractivity contribution in [1.82, 2.24) is 10.3 Å². The monoisotopic (exact) mass is 460 g/mol. The summed E-state index contributed by atoms with van der Waals surface area (Å²) < 4.78 is 11.1. The molecular weight excluding hydrogens is 440 g/mol. The maximum absolute atomic E-state index is 13.0. The molecule has 0 unspecified atom stereocenters. The van der Waals surface area contributed by atoms with Gasteiger partial charge < -0.3 is 24.7 Å². The van der Waals surface area contributed by atoms with E-state index in [1.54, 1.807) is 6.07 Å². The van der Waals surface area contributed by atoms with Crippen LogP contribution in [-0.2, 0) is 20.8 Å². The van der Waals surface area contributed by atoms with Gasteiger partial charge in [0.1, 0.15) is 28.6 Å². The first-order chi connectivity index (χ1) is 15.2. The fourth-order valence-corrected chi connectivity index (χ4v) is 3.79. The van der Waals surface area contributed by atoms with Crippen molar-refractivity contribution in [3.05, 3.63) is 45.3 Å². The number of nitrogens with zero attached hydrogens (tertiary/aromatic N) is 1. The predicted octanol–water partition coefficient (Wildman–Crippen LogP) is 2.21. The van der Waals surface area contributed by atoms with Gasteiger partial charge in [-0.3, -0.25) is 14.4 Å². The Hall–Kier alpha value is -3.73. The zero-order valence-corrected chi connectivity index (χ0v) is 18.0. The topological polar surface area (TPSA) is 156 Å². The van der Waals surface area contributed by atoms with Crippen LogP contribution in [0.2, 0.25) is 0 Å². The summed E-state index contributed by atoms with van der Waals surface area (Å²) in [4.78, 5) is 51.2. The maximum atomic E-state index is 13.0. The molecule has 1 atom stereocenters. The molecule has 3 rings (SSSR count). The van der Waals surface area contributed by atoms with Crippen LogP contribution in [0.1, 0.15) is 24.6 Å². The lowest BCUT2D eigenvalue weighted by Gasteiger charge is -2.14. The molecule has 2 aromatic heterocycles. The number of carbonyl (C=O) groups excluding carboxylic acids is 1. The van der Waals surface area contributed by atoms with Gasteiger partial charge in [0.25, 0.3) is 5.91 Å². The van der Waals surface area contributed by atoms with Gasteiger partial charge in [0.05, 0.1) is 17.4 Å². The summed E-state index contributed by atoms with van der Waals surface area (Å²) in [5.41, 5.74) is 1.81. The predicted molar refractivity (Wildman–Crippen MR) is 115 cm³/mol. The van der Waals surface area contributed by atoms with Crippen LogP contribution in [0.4, 0.5) is 0 Å². The molecule has 3 N–H and O–H groups in total. The molecule has 0 radical (unpaired) electrons. The average Bonchev–Trinajstić information content (AvgIpc) is 3.17. The van der Waals surface area contributed by atoms with Gasteiger partial charge in [-0.1, -0.05) is 6.92 Å². The van der Waals surface area contributed by atoms with Gasteiger partial charge in [0.2, 0.25) is 5.43 Å². The van der Waals surface area contributed by atoms with Crippen LogP contribution in [0.5, 0.6) is 5.75 Å². The summed E-state index contributed by atoms with van der Waals surface area (Å²) in [5, 5.41) is 22.6. The number of hydrogen-bond acceptors (Lipinski definition) is 8. The van der Waals surface area contributed by atoms with E-state index in [1.807, 2.05) is 19.2 Å². The number of thiazole rings is 1. The molecule has 0 fully saturated rings. The van der Waals surface area contributed by atoms with Crippen LogP contribution in [-0.4, -0.2) is 45.7 Å². The lowest BCUT2D eigenvalue weighted by molar-refractivity contribution is -0.147. The van der Waals surface area contributed by atoms with Gasteiger partial charge in [0, 0.05) is 17.1 Å². The van der Waals surface area contributed by atoms with Crippen molar-refractivity contribution in [2.24, 2.45) is 0 Å². The molecule has 0 saturated heterocycles. The van der Waals surface area contributed by atoms with E-state index in [-0.39, 0.29) is 11.0 Å². The summed E-state index contributed by atoms with van der Waals surface area (Å²) in [6.45, 7) is 3.14. The van der Waals surface area contributed by atoms with E-state index in [0.29, 0.717) is 33.7 Å². The first-order valence-electron chi connectivity index (χ1n) is 9.57. The Kier molecular flexibility index (Phi) is 6.89. The van der Waals surface area contributed by atoms with E-state index in [9.17, 15) is 19.2 Å². The summed E-state index contributed by atoms with van der Waals surface area (Å²) >= 11 is 1.34. The number of fused-ring (bicyclic) bond motifs is 1. The zero-order valence-electron chi connectivity index (χ0n) is 17.2. The number of carbonyl (C=O) groups is 3. The smallest absolute Gasteiger partial charge is 0.326 e. The van der Waals surface area contributed by atoms with Crippen LogP contribution in [0.15, 0.2) is 33.0 Å². The van der Waals surface area contributed by atoms with Gasteiger partial charge >= 0.3 is 11.9 Å². The highest BCUT2D eigenvalue weighted by molar-refractivity contribution is 7.13. The van der Waals surface area contributed by atoms with E-state index in [2.05, 4.69) is 10.3 Å². The molecule has 2 heterocycles. The second-order valence-corrected chi connectivity index (χ2v) is 7.79. The van der Waals surface area contributed by atoms with Crippen molar-refractivity contribution in [1.29, 1.82) is 0 Å². The second kappa shape index (κ2) is 9.60. The Labute approximate surface area is 185 Å². The van der Waals surface area contributed by atoms with Crippen molar-refractivity contribution in [3.8, 4) is 16.3 Å². The van der Waals surface area contributed by atoms with E-state index < -0.39 is 36.9 Å². The summed E-state index contributed by atoms with van der Waals surface area (Å²) in [5.74, 6) is -3.32. The number of nitrogens with one attached hydrogen (secondary N) is 1. The van der Waals surface area contributed by atoms with Gasteiger partial charge in [0.15, 0.2) is 6.61 Å². The molecule has 3 aromatic rings. The molecule has 0 saturated carbocycles. The first kappa shape index (κ1) is 22.9. The molecule has 11 heteroatoms. The molecule has 0 aliphatic carbocycles. The molecular formula is C21H20N2O8S. The Morgan fingerprint density at radius 2 is 2.03 bits per heavy atom. The summed E-state index contributed by atoms with van der Waals surface area (Å²) in [7, 11) is 0. The number of rotatable bonds is 9. The van der Waals surface area contributed by atoms with Crippen LogP contribution in [0.3, 0.4) is 0 Å². The maximum Gasteiger partial charge on any atom is 0.326 e. The lowest BCUT2D eigenvalue weighted by atomic mass is 10.1. The molecule has 168 valence electrons. The number of carboxylic acid groups (broad SMARTS) is 2. The number of aryl methyl sites for hydroxylation is 2. The second-order valence-electron chi connectivity index (χ2n) is 6.93. The third kappa shape index (κ3) is 5.11. The average molecular weight is 460 g/mol. The number of carboxylic acids is 2. The highest BCUT2D eigenvalue weighted by Crippen LogP contribution is 2.28. The van der Waals surface area contributed by atoms with Crippen molar-refractivity contribution >= 4 is 40.2 Å². The minimum atomic E-state index is -1.57. The Bertz CT molecular complexity index is 1250. The molecule has 1 aromatic carbocycles. The van der Waals surface area contributed by atoms with Crippen molar-refractivity contribution in [3.63, 3.8) is 0 Å². The minimum Gasteiger partial charge on any atom is -0.483 e. The third-order valence-corrected chi connectivity index (χ3v) is 5.55. The summed E-state index contributed by atoms with van der Waals surface area (Å²) in [6, 6.07) is 1.55. The normalized spacial score (nSPS) is 11.8. The van der Waals surface area contributed by atoms with Crippen molar-refractivity contribution in [2.75, 3.05) is 6.61 Å². The molecule has 0 aliphatic heterocycles. The third-order valence-electron chi connectivity index (χ3n) is 4.56. The number of ether oxygens (including phenoxy) is 1. The largest absolute Gasteiger partial charge is 0.483 e. The van der Waals surface area contributed by atoms with E-state index in [1.165, 1.54) is 23.7 Å². The van der Waals surface area contributed by atoms with Crippen molar-refractivity contribution < 1.29 is 33.8 Å². The van der Waals surface area contributed by atoms with Crippen LogP contribution < -0.4 is 15.5 Å². The Morgan fingerprint density at radius 3 is 2.62 bits per heavy atom. The van der Waals surface area contributed by atoms with Crippen LogP contribution in [0.25, 0.3) is 21.5 Å². The number of amides is 1. The van der Waals surface area contributed by atoms with Gasteiger partial charge in [-0.05, 0) is 25.0 Å².